The number of carbonyl (C=O) groups is 4. The SMILES string of the molecule is CCc1cc2cc3c(cc2nc1SCC(=O)Nc1ccc(OC)cc1)OCCO3.CCc1cc2cc3c(cc2nc1SCC(=O)Nc1ccc(OC)cc1OC)OCCO3.CCc1cc2cc3c(cc2nc1SCC(=O)Nc1ccccc1C)OCCO3.COc1ccc(NC(=O)CSc2nc3cc4c(cc3cc2C#N)OCCO4)cc1. The number of pyridine rings is 4. The predicted molar refractivity (Wildman–Crippen MR) is 458 cm³/mol. The summed E-state index contributed by atoms with van der Waals surface area (Å²) in [4.78, 5) is 68.6. The number of aryl methyl sites for hydroxylation is 4. The lowest BCUT2D eigenvalue weighted by molar-refractivity contribution is -0.114. The van der Waals surface area contributed by atoms with Gasteiger partial charge in [0.25, 0.3) is 0 Å². The molecule has 4 aliphatic heterocycles. The fourth-order valence-electron chi connectivity index (χ4n) is 12.5. The molecule has 4 aliphatic rings. The third-order valence-electron chi connectivity index (χ3n) is 18.5. The number of methoxy groups -OCH3 is 4. The quantitative estimate of drug-likeness (QED) is 0.0433. The van der Waals surface area contributed by atoms with Crippen molar-refractivity contribution in [1.82, 2.24) is 19.9 Å². The monoisotopic (exact) mass is 1650 g/mol. The molecule has 4 N–H and O–H groups in total. The van der Waals surface area contributed by atoms with Gasteiger partial charge in [-0.15, -0.1) is 0 Å². The molecule has 0 unspecified atom stereocenters. The summed E-state index contributed by atoms with van der Waals surface area (Å²) in [5, 5.41) is 28.0. The molecular weight excluding hydrogens is 1570 g/mol. The molecule has 29 heteroatoms. The molecule has 0 aliphatic carbocycles. The zero-order chi connectivity index (χ0) is 81.7. The number of ether oxygens (including phenoxy) is 12. The predicted octanol–water partition coefficient (Wildman–Crippen LogP) is 16.8. The standard InChI is InChI=1S/C23H24N2O5S.C22H22N2O4S.C22H22N2O3S.C21H17N3O4S/c1-4-14-9-15-10-20-21(30-8-7-29-20)12-18(15)25-23(14)31-13-22(26)24-17-6-5-16(27-2)11-19(17)28-3;1-3-14-10-15-11-19-20(28-9-8-27-19)12-18(15)24-22(14)29-13-21(25)23-16-4-6-17(26-2)7-5-16;1-3-15-10-16-11-19-20(27-9-8-26-19)12-18(16)24-22(15)28-13-21(25)23-17-7-5-4-6-14(17)2;1-26-16-4-2-15(3-5-16)23-20(25)12-29-21-14(11-22)8-13-9-18-19(10-17(13)24-21)28-7-6-27-18/h5-6,9-12H,4,7-8,13H2,1-3H3,(H,24,26);4-7,10-12H,3,8-9,13H2,1-2H3,(H,23,25);4-7,10-12H,3,8-9,13H2,1-2H3,(H,23,25);2-5,8-10H,6-7,12H2,1H3,(H,23,25). The molecular formula is C88H85N9O16S4. The van der Waals surface area contributed by atoms with Crippen molar-refractivity contribution in [1.29, 1.82) is 5.26 Å². The van der Waals surface area contributed by atoms with E-state index in [1.165, 1.54) is 47.0 Å². The van der Waals surface area contributed by atoms with Crippen LogP contribution >= 0.6 is 47.0 Å². The highest BCUT2D eigenvalue weighted by molar-refractivity contribution is 8.00. The molecule has 117 heavy (non-hydrogen) atoms. The van der Waals surface area contributed by atoms with Gasteiger partial charge in [-0.1, -0.05) is 86.0 Å². The summed E-state index contributed by atoms with van der Waals surface area (Å²) in [5.41, 5.74) is 10.8. The fourth-order valence-corrected chi connectivity index (χ4v) is 15.9. The molecule has 0 spiro atoms. The van der Waals surface area contributed by atoms with E-state index in [1.54, 1.807) is 83.0 Å². The highest BCUT2D eigenvalue weighted by Crippen LogP contribution is 2.42. The molecule has 602 valence electrons. The Balaban J connectivity index is 0.000000136. The third kappa shape index (κ3) is 21.5. The van der Waals surface area contributed by atoms with Gasteiger partial charge in [0.2, 0.25) is 23.6 Å². The zero-order valence-electron chi connectivity index (χ0n) is 65.6. The van der Waals surface area contributed by atoms with Crippen LogP contribution in [-0.4, -0.2) is 148 Å². The van der Waals surface area contributed by atoms with Crippen molar-refractivity contribution in [3.8, 4) is 75.1 Å². The Labute approximate surface area is 693 Å². The normalized spacial score (nSPS) is 12.5. The largest absolute Gasteiger partial charge is 0.497 e. The Morgan fingerprint density at radius 2 is 0.684 bits per heavy atom. The molecule has 0 bridgehead atoms. The lowest BCUT2D eigenvalue weighted by atomic mass is 10.1. The summed E-state index contributed by atoms with van der Waals surface area (Å²) in [6.07, 6.45) is 2.49. The number of rotatable bonds is 23. The number of nitrogens with zero attached hydrogens (tertiary/aromatic N) is 5. The maximum absolute atomic E-state index is 12.6. The van der Waals surface area contributed by atoms with Crippen LogP contribution in [0.25, 0.3) is 43.6 Å². The fraction of sp³-hybridized carbons (Fsp3) is 0.261. The minimum Gasteiger partial charge on any atom is -0.497 e. The maximum atomic E-state index is 12.6. The molecule has 4 aromatic heterocycles. The first kappa shape index (κ1) is 82.7. The van der Waals surface area contributed by atoms with Crippen LogP contribution in [0.2, 0.25) is 0 Å². The first-order valence-electron chi connectivity index (χ1n) is 37.7. The molecule has 0 radical (unpaired) electrons. The minimum absolute atomic E-state index is 0.0366. The molecule has 8 heterocycles. The van der Waals surface area contributed by atoms with E-state index < -0.39 is 0 Å². The Hall–Kier alpha value is -12.2. The Morgan fingerprint density at radius 1 is 0.368 bits per heavy atom. The van der Waals surface area contributed by atoms with Gasteiger partial charge in [0.05, 0.1) is 84.8 Å². The van der Waals surface area contributed by atoms with Crippen LogP contribution in [0, 0.1) is 18.3 Å². The number of para-hydroxylation sites is 1. The molecule has 25 nitrogen and oxygen atoms in total. The number of hydrogen-bond acceptors (Lipinski definition) is 25. The number of aromatic nitrogens is 4. The average molecular weight is 1650 g/mol. The van der Waals surface area contributed by atoms with Crippen molar-refractivity contribution in [3.63, 3.8) is 0 Å². The molecule has 0 atom stereocenters. The van der Waals surface area contributed by atoms with Crippen molar-refractivity contribution in [2.75, 3.05) is 126 Å². The van der Waals surface area contributed by atoms with E-state index in [2.05, 4.69) is 71.3 Å². The van der Waals surface area contributed by atoms with Gasteiger partial charge in [-0.2, -0.15) is 5.26 Å². The molecule has 0 fully saturated rings. The van der Waals surface area contributed by atoms with E-state index in [1.807, 2.05) is 97.9 Å². The minimum atomic E-state index is -0.187. The van der Waals surface area contributed by atoms with E-state index in [0.29, 0.717) is 126 Å². The number of fused-ring (bicyclic) bond motifs is 8. The number of hydrogen-bond donors (Lipinski definition) is 4. The van der Waals surface area contributed by atoms with Crippen LogP contribution in [0.4, 0.5) is 22.7 Å². The van der Waals surface area contributed by atoms with Gasteiger partial charge in [-0.05, 0) is 164 Å². The highest BCUT2D eigenvalue weighted by Gasteiger charge is 2.23. The van der Waals surface area contributed by atoms with Crippen molar-refractivity contribution in [3.05, 3.63) is 192 Å². The van der Waals surface area contributed by atoms with E-state index in [0.717, 1.165) is 135 Å². The van der Waals surface area contributed by atoms with Crippen molar-refractivity contribution in [2.24, 2.45) is 0 Å². The molecule has 8 aromatic carbocycles. The first-order valence-corrected chi connectivity index (χ1v) is 41.6. The van der Waals surface area contributed by atoms with Crippen LogP contribution in [0.1, 0.15) is 48.6 Å². The third-order valence-corrected chi connectivity index (χ3v) is 22.6. The van der Waals surface area contributed by atoms with Crippen molar-refractivity contribution in [2.45, 2.75) is 67.1 Å². The summed E-state index contributed by atoms with van der Waals surface area (Å²) >= 11 is 5.53. The lowest BCUT2D eigenvalue weighted by Gasteiger charge is -2.19. The van der Waals surface area contributed by atoms with E-state index in [9.17, 15) is 24.4 Å². The number of nitriles is 1. The second kappa shape index (κ2) is 39.9. The summed E-state index contributed by atoms with van der Waals surface area (Å²) in [6, 6.07) is 52.9. The Bertz CT molecular complexity index is 5680. The van der Waals surface area contributed by atoms with Crippen LogP contribution in [0.3, 0.4) is 0 Å². The number of amides is 4. The number of benzene rings is 8. The van der Waals surface area contributed by atoms with Gasteiger partial charge in [0.1, 0.15) is 102 Å². The number of nitrogens with one attached hydrogen (secondary N) is 4. The Morgan fingerprint density at radius 3 is 1.03 bits per heavy atom. The van der Waals surface area contributed by atoms with Crippen LogP contribution < -0.4 is 78.1 Å². The lowest BCUT2D eigenvalue weighted by Crippen LogP contribution is -2.15. The van der Waals surface area contributed by atoms with Crippen LogP contribution in [-0.2, 0) is 38.4 Å². The topological polar surface area (TPSA) is 303 Å². The molecule has 0 saturated heterocycles. The second-order valence-corrected chi connectivity index (χ2v) is 30.2. The number of carbonyl (C=O) groups excluding carboxylic acids is 4. The molecule has 16 rings (SSSR count). The maximum Gasteiger partial charge on any atom is 0.234 e. The van der Waals surface area contributed by atoms with Gasteiger partial charge in [-0.3, -0.25) is 19.2 Å². The summed E-state index contributed by atoms with van der Waals surface area (Å²) in [5.74, 6) is 8.87. The van der Waals surface area contributed by atoms with Crippen molar-refractivity contribution >= 4 is 137 Å². The first-order chi connectivity index (χ1) is 57.1. The van der Waals surface area contributed by atoms with Gasteiger partial charge >= 0.3 is 0 Å². The number of anilines is 4. The van der Waals surface area contributed by atoms with Crippen LogP contribution in [0.15, 0.2) is 184 Å². The van der Waals surface area contributed by atoms with E-state index in [4.69, 9.17) is 71.8 Å². The second-order valence-electron chi connectivity index (χ2n) is 26.3. The molecule has 0 saturated carbocycles. The van der Waals surface area contributed by atoms with Gasteiger partial charge < -0.3 is 78.1 Å². The smallest absolute Gasteiger partial charge is 0.234 e. The van der Waals surface area contributed by atoms with E-state index in [-0.39, 0.29) is 40.9 Å². The van der Waals surface area contributed by atoms with Gasteiger partial charge in [-0.25, -0.2) is 19.9 Å². The zero-order valence-corrected chi connectivity index (χ0v) is 68.9. The average Bonchev–Trinajstić information content (AvgIpc) is 0.800. The Kier molecular flexibility index (Phi) is 28.2. The summed E-state index contributed by atoms with van der Waals surface area (Å²) in [7, 11) is 6.34. The van der Waals surface area contributed by atoms with E-state index >= 15 is 0 Å². The highest BCUT2D eigenvalue weighted by atomic mass is 32.2. The van der Waals surface area contributed by atoms with Crippen molar-refractivity contribution < 1.29 is 76.0 Å². The van der Waals surface area contributed by atoms with Gasteiger partial charge in [0.15, 0.2) is 46.0 Å². The summed E-state index contributed by atoms with van der Waals surface area (Å²) in [6.45, 7) is 12.5. The number of thioether (sulfide) groups is 4. The summed E-state index contributed by atoms with van der Waals surface area (Å²) < 4.78 is 66.0. The van der Waals surface area contributed by atoms with Gasteiger partial charge in [0, 0.05) is 68.9 Å². The van der Waals surface area contributed by atoms with Crippen LogP contribution in [0.5, 0.6) is 69.0 Å². The molecule has 4 amide bonds. The molecule has 12 aromatic rings.